The molecule has 1 atom stereocenters. The van der Waals surface area contributed by atoms with Gasteiger partial charge >= 0.3 is 12.0 Å². The van der Waals surface area contributed by atoms with E-state index in [0.29, 0.717) is 18.7 Å². The molecular weight excluding hydrogens is 360 g/mol. The van der Waals surface area contributed by atoms with E-state index in [9.17, 15) is 19.8 Å². The first-order valence-corrected chi connectivity index (χ1v) is 9.09. The van der Waals surface area contributed by atoms with Gasteiger partial charge in [0.15, 0.2) is 0 Å². The molecule has 2 aromatic carbocycles. The van der Waals surface area contributed by atoms with Gasteiger partial charge in [-0.25, -0.2) is 9.59 Å². The fourth-order valence-corrected chi connectivity index (χ4v) is 2.78. The van der Waals surface area contributed by atoms with E-state index in [1.54, 1.807) is 31.4 Å². The van der Waals surface area contributed by atoms with Crippen molar-refractivity contribution in [3.8, 4) is 5.75 Å². The fourth-order valence-electron chi connectivity index (χ4n) is 2.78. The number of hydrogen-bond donors (Lipinski definition) is 3. The van der Waals surface area contributed by atoms with E-state index in [2.05, 4.69) is 5.32 Å². The summed E-state index contributed by atoms with van der Waals surface area (Å²) in [6.45, 7) is 0.317. The molecule has 150 valence electrons. The molecule has 0 unspecified atom stereocenters. The predicted octanol–water partition coefficient (Wildman–Crippen LogP) is 1.94. The minimum Gasteiger partial charge on any atom is -0.497 e. The third kappa shape index (κ3) is 6.59. The van der Waals surface area contributed by atoms with Crippen LogP contribution in [0.3, 0.4) is 0 Å². The molecule has 0 fully saturated rings. The molecule has 0 saturated heterocycles. The zero-order valence-corrected chi connectivity index (χ0v) is 15.9. The summed E-state index contributed by atoms with van der Waals surface area (Å²) in [6.07, 6.45) is 0.765. The Morgan fingerprint density at radius 3 is 2.29 bits per heavy atom. The first kappa shape index (κ1) is 21.2. The number of hydrogen-bond acceptors (Lipinski definition) is 4. The summed E-state index contributed by atoms with van der Waals surface area (Å²) in [7, 11) is 1.56. The number of carbonyl (C=O) groups is 2. The Kier molecular flexibility index (Phi) is 8.30. The van der Waals surface area contributed by atoms with Crippen LogP contribution in [0.1, 0.15) is 11.1 Å². The summed E-state index contributed by atoms with van der Waals surface area (Å²) < 4.78 is 5.09. The SMILES string of the molecule is COc1ccc(C[C@H](NC(=O)N(CCO)CCc2ccccc2)C(=O)O)cc1. The van der Waals surface area contributed by atoms with Crippen LogP contribution in [0.15, 0.2) is 54.6 Å². The first-order chi connectivity index (χ1) is 13.5. The van der Waals surface area contributed by atoms with E-state index >= 15 is 0 Å². The summed E-state index contributed by atoms with van der Waals surface area (Å²) in [5.74, 6) is -0.439. The summed E-state index contributed by atoms with van der Waals surface area (Å²) in [5.41, 5.74) is 1.83. The van der Waals surface area contributed by atoms with Crippen LogP contribution >= 0.6 is 0 Å². The van der Waals surface area contributed by atoms with Crippen LogP contribution in [-0.4, -0.2) is 60.0 Å². The maximum atomic E-state index is 12.6. The number of aliphatic hydroxyl groups is 1. The van der Waals surface area contributed by atoms with Crippen LogP contribution in [0.25, 0.3) is 0 Å². The number of benzene rings is 2. The largest absolute Gasteiger partial charge is 0.497 e. The maximum absolute atomic E-state index is 12.6. The van der Waals surface area contributed by atoms with Crippen LogP contribution in [-0.2, 0) is 17.6 Å². The second kappa shape index (κ2) is 10.9. The highest BCUT2D eigenvalue weighted by atomic mass is 16.5. The Labute approximate surface area is 164 Å². The normalized spacial score (nSPS) is 11.5. The lowest BCUT2D eigenvalue weighted by Crippen LogP contribution is -2.50. The topological polar surface area (TPSA) is 99.1 Å². The second-order valence-corrected chi connectivity index (χ2v) is 6.34. The summed E-state index contributed by atoms with van der Waals surface area (Å²) in [6, 6.07) is 15.1. The van der Waals surface area contributed by atoms with Crippen molar-refractivity contribution in [3.63, 3.8) is 0 Å². The van der Waals surface area contributed by atoms with Crippen molar-refractivity contribution in [1.82, 2.24) is 10.2 Å². The van der Waals surface area contributed by atoms with Gasteiger partial charge < -0.3 is 25.2 Å². The van der Waals surface area contributed by atoms with E-state index in [0.717, 1.165) is 11.1 Å². The molecule has 3 N–H and O–H groups in total. The van der Waals surface area contributed by atoms with E-state index in [1.807, 2.05) is 30.3 Å². The van der Waals surface area contributed by atoms with Crippen molar-refractivity contribution in [3.05, 3.63) is 65.7 Å². The Morgan fingerprint density at radius 1 is 1.04 bits per heavy atom. The number of carbonyl (C=O) groups excluding carboxylic acids is 1. The van der Waals surface area contributed by atoms with Crippen molar-refractivity contribution >= 4 is 12.0 Å². The quantitative estimate of drug-likeness (QED) is 0.580. The number of aliphatic carboxylic acids is 1. The van der Waals surface area contributed by atoms with Crippen molar-refractivity contribution in [2.45, 2.75) is 18.9 Å². The number of nitrogens with zero attached hydrogens (tertiary/aromatic N) is 1. The number of carboxylic acids is 1. The van der Waals surface area contributed by atoms with Gasteiger partial charge in [0.1, 0.15) is 11.8 Å². The molecule has 2 aromatic rings. The van der Waals surface area contributed by atoms with Crippen molar-refractivity contribution < 1.29 is 24.5 Å². The third-order valence-corrected chi connectivity index (χ3v) is 4.37. The fraction of sp³-hybridized carbons (Fsp3) is 0.333. The lowest BCUT2D eigenvalue weighted by atomic mass is 10.1. The number of aliphatic hydroxyl groups excluding tert-OH is 1. The minimum absolute atomic E-state index is 0.132. The molecule has 0 aliphatic heterocycles. The number of urea groups is 1. The van der Waals surface area contributed by atoms with Crippen molar-refractivity contribution in [2.24, 2.45) is 0 Å². The Morgan fingerprint density at radius 2 is 1.71 bits per heavy atom. The number of rotatable bonds is 10. The lowest BCUT2D eigenvalue weighted by molar-refractivity contribution is -0.139. The summed E-state index contributed by atoms with van der Waals surface area (Å²) >= 11 is 0. The Hall–Kier alpha value is -3.06. The standard InChI is InChI=1S/C21H26N2O5/c1-28-18-9-7-17(8-10-18)15-19(20(25)26)22-21(27)23(13-14-24)12-11-16-5-3-2-4-6-16/h2-10,19,24H,11-15H2,1H3,(H,22,27)(H,25,26)/t19-/m0/s1. The van der Waals surface area contributed by atoms with Crippen molar-refractivity contribution in [1.29, 1.82) is 0 Å². The molecular formula is C21H26N2O5. The molecule has 7 nitrogen and oxygen atoms in total. The van der Waals surface area contributed by atoms with Gasteiger partial charge in [0.25, 0.3) is 0 Å². The number of nitrogens with one attached hydrogen (secondary N) is 1. The molecule has 2 amide bonds. The van der Waals surface area contributed by atoms with E-state index < -0.39 is 18.0 Å². The molecule has 0 aliphatic carbocycles. The van der Waals surface area contributed by atoms with E-state index in [1.165, 1.54) is 4.90 Å². The lowest BCUT2D eigenvalue weighted by Gasteiger charge is -2.24. The summed E-state index contributed by atoms with van der Waals surface area (Å²) in [4.78, 5) is 25.6. The number of carboxylic acid groups (broad SMARTS) is 1. The Balaban J connectivity index is 1.99. The number of amides is 2. The van der Waals surface area contributed by atoms with Crippen LogP contribution < -0.4 is 10.1 Å². The molecule has 28 heavy (non-hydrogen) atoms. The highest BCUT2D eigenvalue weighted by Gasteiger charge is 2.23. The van der Waals surface area contributed by atoms with Crippen molar-refractivity contribution in [2.75, 3.05) is 26.8 Å². The molecule has 2 rings (SSSR count). The van der Waals surface area contributed by atoms with E-state index in [4.69, 9.17) is 4.74 Å². The smallest absolute Gasteiger partial charge is 0.326 e. The predicted molar refractivity (Wildman–Crippen MR) is 105 cm³/mol. The zero-order valence-electron chi connectivity index (χ0n) is 15.9. The van der Waals surface area contributed by atoms with E-state index in [-0.39, 0.29) is 19.6 Å². The molecule has 0 aliphatic rings. The number of ether oxygens (including phenoxy) is 1. The Bertz CT molecular complexity index is 749. The van der Waals surface area contributed by atoms with Gasteiger partial charge in [-0.15, -0.1) is 0 Å². The monoisotopic (exact) mass is 386 g/mol. The highest BCUT2D eigenvalue weighted by molar-refractivity contribution is 5.82. The highest BCUT2D eigenvalue weighted by Crippen LogP contribution is 2.13. The average molecular weight is 386 g/mol. The summed E-state index contributed by atoms with van der Waals surface area (Å²) in [5, 5.41) is 21.3. The maximum Gasteiger partial charge on any atom is 0.326 e. The van der Waals surface area contributed by atoms with Crippen LogP contribution in [0.4, 0.5) is 4.79 Å². The van der Waals surface area contributed by atoms with Gasteiger partial charge in [0, 0.05) is 19.5 Å². The van der Waals surface area contributed by atoms with Gasteiger partial charge in [-0.3, -0.25) is 0 Å². The third-order valence-electron chi connectivity index (χ3n) is 4.37. The van der Waals surface area contributed by atoms with Gasteiger partial charge in [-0.2, -0.15) is 0 Å². The first-order valence-electron chi connectivity index (χ1n) is 9.09. The second-order valence-electron chi connectivity index (χ2n) is 6.34. The van der Waals surface area contributed by atoms with Crippen LogP contribution in [0.5, 0.6) is 5.75 Å². The molecule has 7 heteroatoms. The molecule has 0 radical (unpaired) electrons. The molecule has 0 bridgehead atoms. The van der Waals surface area contributed by atoms with Gasteiger partial charge in [-0.05, 0) is 29.7 Å². The minimum atomic E-state index is -1.11. The van der Waals surface area contributed by atoms with Gasteiger partial charge in [-0.1, -0.05) is 42.5 Å². The van der Waals surface area contributed by atoms with Crippen LogP contribution in [0.2, 0.25) is 0 Å². The molecule has 0 aromatic heterocycles. The van der Waals surface area contributed by atoms with Crippen LogP contribution in [0, 0.1) is 0 Å². The molecule has 0 spiro atoms. The molecule has 0 saturated carbocycles. The average Bonchev–Trinajstić information content (AvgIpc) is 2.71. The van der Waals surface area contributed by atoms with Gasteiger partial charge in [0.05, 0.1) is 13.7 Å². The van der Waals surface area contributed by atoms with Gasteiger partial charge in [0.2, 0.25) is 0 Å². The molecule has 0 heterocycles. The zero-order chi connectivity index (χ0) is 20.4. The number of methoxy groups -OCH3 is 1.